The molecular weight excluding hydrogens is 1630 g/mol. The molecule has 5 saturated heterocycles. The van der Waals surface area contributed by atoms with E-state index in [1.165, 1.54) is 47.8 Å². The van der Waals surface area contributed by atoms with Crippen LogP contribution in [-0.4, -0.2) is 316 Å². The second-order valence-corrected chi connectivity index (χ2v) is 23.2. The molecule has 0 aliphatic carbocycles. The van der Waals surface area contributed by atoms with Gasteiger partial charge in [0.05, 0.1) is 5.91 Å². The summed E-state index contributed by atoms with van der Waals surface area (Å²) >= 11 is 3.10. The third-order valence-electron chi connectivity index (χ3n) is 10.5. The average molecular weight is 1740 g/mol. The van der Waals surface area contributed by atoms with E-state index in [0.29, 0.717) is 47.8 Å². The van der Waals surface area contributed by atoms with E-state index in [4.69, 9.17) is 5.73 Å². The number of rotatable bonds is 16. The first-order valence-electron chi connectivity index (χ1n) is 29.4. The van der Waals surface area contributed by atoms with Crippen molar-refractivity contribution in [2.24, 2.45) is 5.73 Å². The van der Waals surface area contributed by atoms with Crippen molar-refractivity contribution >= 4 is 243 Å². The van der Waals surface area contributed by atoms with Crippen LogP contribution < -0.4 is 157 Å². The van der Waals surface area contributed by atoms with E-state index in [1.807, 2.05) is 60.6 Å². The summed E-state index contributed by atoms with van der Waals surface area (Å²) in [6, 6.07) is -3.87. The van der Waals surface area contributed by atoms with Crippen LogP contribution in [0.2, 0.25) is 0 Å². The van der Waals surface area contributed by atoms with E-state index in [2.05, 4.69) is 123 Å². The van der Waals surface area contributed by atoms with Gasteiger partial charge in [0, 0.05) is 122 Å². The normalized spacial score (nSPS) is 17.2. The molecule has 0 saturated carbocycles. The quantitative estimate of drug-likeness (QED) is 0.0261. The number of nitrogens with two attached hydrogens (primary N) is 1. The fourth-order valence-electron chi connectivity index (χ4n) is 6.57. The van der Waals surface area contributed by atoms with Crippen molar-refractivity contribution in [3.05, 3.63) is 26.0 Å². The van der Waals surface area contributed by atoms with Crippen LogP contribution in [0.1, 0.15) is 118 Å². The van der Waals surface area contributed by atoms with E-state index >= 15 is 0 Å². The Labute approximate surface area is 753 Å². The van der Waals surface area contributed by atoms with E-state index in [1.54, 1.807) is 82.2 Å². The number of halogens is 1. The van der Waals surface area contributed by atoms with E-state index in [9.17, 15) is 67.1 Å². The molecule has 10 atom stereocenters. The molecule has 5 rings (SSSR count). The second kappa shape index (κ2) is 81.9. The van der Waals surface area contributed by atoms with Gasteiger partial charge < -0.3 is 56.2 Å². The molecule has 13 N–H and O–H groups in total. The third-order valence-corrected chi connectivity index (χ3v) is 16.2. The monoisotopic (exact) mass is 1740 g/mol. The maximum Gasteiger partial charge on any atom is 1.00 e. The molecule has 23 amide bonds. The standard InChI is InChI=1S/2C9H17N4O3P.C8H14N4O3P.C7H14N3O2PS.C6H13N4O2P.C4H8.C3H5O.C2H6.3CH4.B4.B3.B2.BI.B.2K.H3N/c2*1-4-6(14)10-7-11-8(15)12(5-2)9(16)13(7)17-3;1-4-11-7(14)10-6(9-5(2)13)12(16-3)8(11)15;1-4-9-5(11)8-6(14-3)10(13-2)7(9)12;1-3-9-5(11)8-4(7)10(13-2)6(9)12;1-4(2)3;1-3(2)4;1-2;;;;1-4(2)3;1-3-2;2*1-2;;;;/h2*7,17H,4-5H2,1-3H3,(H,10,14)(H,11,15);6,16H,2,4H2,1,3H3,(H,9,13)(H,10,14);6,13H,4H2,1-3H3,(H,8,11);4,13H,3,7H2,1-2H3,(H,8,11);1H2,2-3H3;1H2,2H3;1-2H3;3*1H4;;;;;;;;1H3/q;;-1;;;;-1;;;;;;;;;;2*+1;. The van der Waals surface area contributed by atoms with Gasteiger partial charge in [-0.25, -0.2) is 72.4 Å². The van der Waals surface area contributed by atoms with Crippen molar-refractivity contribution in [3.8, 4) is 0 Å². The Morgan fingerprint density at radius 3 is 0.905 bits per heavy atom. The van der Waals surface area contributed by atoms with Gasteiger partial charge in [-0.1, -0.05) is 55.5 Å². The number of carbonyl (C=O) groups is 14. The molecule has 0 aromatic rings. The van der Waals surface area contributed by atoms with Gasteiger partial charge in [-0.05, 0) is 144 Å². The van der Waals surface area contributed by atoms with E-state index in [-0.39, 0.29) is 234 Å². The van der Waals surface area contributed by atoms with Crippen molar-refractivity contribution in [1.29, 1.82) is 0 Å². The first-order chi connectivity index (χ1) is 46.0. The molecule has 105 heavy (non-hydrogen) atoms. The number of imide groups is 5. The summed E-state index contributed by atoms with van der Waals surface area (Å²) in [4.78, 5) is 165. The number of allylic oxidation sites excluding steroid dienone is 1. The Morgan fingerprint density at radius 2 is 0.714 bits per heavy atom. The molecule has 10 unspecified atom stereocenters. The Kier molecular flexibility index (Phi) is 106. The second-order valence-electron chi connectivity index (χ2n) is 17.7. The Bertz CT molecular complexity index is 2420. The largest absolute Gasteiger partial charge is 1.00 e. The summed E-state index contributed by atoms with van der Waals surface area (Å²) in [7, 11) is 33.1. The van der Waals surface area contributed by atoms with Crippen LogP contribution in [0.4, 0.5) is 47.9 Å². The zero-order valence-electron chi connectivity index (χ0n) is 62.6. The number of nitrogens with zero attached hydrogens (tertiary/aromatic N) is 10. The molecule has 0 spiro atoms. The molecule has 0 aromatic carbocycles. The summed E-state index contributed by atoms with van der Waals surface area (Å²) in [5, 5.41) is 20.5. The number of Topliss-reactive ketones (excluding diaryl/α,β-unsaturated/α-hetero) is 1. The molecule has 20 radical (unpaired) electrons. The number of thioether (sulfide) groups is 1. The van der Waals surface area contributed by atoms with Crippen molar-refractivity contribution in [3.63, 3.8) is 0 Å². The summed E-state index contributed by atoms with van der Waals surface area (Å²) < 4.78 is 7.31. The summed E-state index contributed by atoms with van der Waals surface area (Å²) in [6.45, 7) is 42.0. The van der Waals surface area contributed by atoms with Gasteiger partial charge in [-0.3, -0.25) is 54.6 Å². The van der Waals surface area contributed by atoms with Gasteiger partial charge in [0.1, 0.15) is 0 Å². The van der Waals surface area contributed by atoms with Crippen molar-refractivity contribution < 1.29 is 170 Å². The van der Waals surface area contributed by atoms with Gasteiger partial charge in [-0.15, -0.1) is 18.3 Å². The predicted octanol–water partition coefficient (Wildman–Crippen LogP) is -2.08. The molecule has 34 nitrogen and oxygen atoms in total. The number of carbonyl (C=O) groups excluding carboxylic acids is 14. The minimum Gasteiger partial charge on any atom is -0.344 e. The fourth-order valence-corrected chi connectivity index (χ4v) is 11.1. The van der Waals surface area contributed by atoms with Crippen LogP contribution >= 0.6 is 77.8 Å². The number of nitrogens with one attached hydrogen (secondary N) is 8. The molecule has 570 valence electrons. The number of amides is 23. The van der Waals surface area contributed by atoms with Crippen LogP contribution in [-0.2, 0) is 19.2 Å². The topological polar surface area (TPSA) is 429 Å². The van der Waals surface area contributed by atoms with Gasteiger partial charge in [0.15, 0.2) is 36.4 Å². The van der Waals surface area contributed by atoms with Crippen LogP contribution in [0.15, 0.2) is 12.2 Å². The van der Waals surface area contributed by atoms with Gasteiger partial charge in [0.2, 0.25) is 11.8 Å². The van der Waals surface area contributed by atoms with Gasteiger partial charge >= 0.3 is 163 Å². The minimum absolute atomic E-state index is 0. The van der Waals surface area contributed by atoms with Crippen molar-refractivity contribution in [2.45, 2.75) is 149 Å². The average Bonchev–Trinajstić information content (AvgIpc) is 0.856. The molecule has 5 fully saturated rings. The fraction of sp³-hybridized carbons (Fsp3) is 0.647. The maximum absolute atomic E-state index is 11.9. The van der Waals surface area contributed by atoms with E-state index < -0.39 is 67.6 Å². The summed E-state index contributed by atoms with van der Waals surface area (Å²) in [6.07, 6.45) is -1.17. The predicted molar refractivity (Wildman–Crippen MR) is 449 cm³/mol. The minimum atomic E-state index is -0.809. The molecule has 5 aliphatic heterocycles. The maximum atomic E-state index is 11.9. The Hall–Kier alpha value is -1.60. The summed E-state index contributed by atoms with van der Waals surface area (Å²) in [5.41, 5.74) is 11.0. The number of ketones is 1. The Morgan fingerprint density at radius 1 is 0.524 bits per heavy atom. The van der Waals surface area contributed by atoms with E-state index in [0.717, 1.165) is 26.7 Å². The van der Waals surface area contributed by atoms with Crippen LogP contribution in [0.5, 0.6) is 0 Å². The first-order valence-corrected chi connectivity index (χ1v) is 39.2. The number of hydrogen-bond donors (Lipinski definition) is 10. The van der Waals surface area contributed by atoms with Crippen LogP contribution in [0.3, 0.4) is 0 Å². The van der Waals surface area contributed by atoms with Gasteiger partial charge in [0.25, 0.3) is 0 Å². The smallest absolute Gasteiger partial charge is 0.344 e. The molecule has 0 aromatic heterocycles. The van der Waals surface area contributed by atoms with Crippen molar-refractivity contribution in [2.75, 3.05) is 72.3 Å². The van der Waals surface area contributed by atoms with Crippen molar-refractivity contribution in [1.82, 2.24) is 96.5 Å². The Balaban J connectivity index is -0.0000000758. The van der Waals surface area contributed by atoms with Gasteiger partial charge in [-0.2, -0.15) is 22.4 Å². The zero-order chi connectivity index (χ0) is 78.5. The molecule has 5 heterocycles. The molecular formula is C51H109B11IK2N20O14P5S. The number of urea groups is 10. The van der Waals surface area contributed by atoms with Crippen LogP contribution in [0, 0.1) is 13.8 Å². The summed E-state index contributed by atoms with van der Waals surface area (Å²) in [5.74, 6) is -1.06. The molecule has 0 bridgehead atoms. The first kappa shape index (κ1) is 136. The SMILES string of the molecule is C.C.C.C=C(C)C.CC.CCC(=O)NC1NC(=O)N(CC)C(=O)N1PC.CCC(=O)NC1NC(=O)N(CC)C(=O)N1PC.CCN1C(=O)NC(N)N(PC)C1=O.CCN1C(=O)NC(SC)N(PC)C1=O.N.[B].[B]B([B])[B].[B]I.[B][B].[B][B][B].[CH2-]C(=O)NC1NC(=O)N(CC)C(=O)N1PC.[CH2-]C(C)=O.[K+].[K+]. The third kappa shape index (κ3) is 55.5. The van der Waals surface area contributed by atoms with Crippen LogP contribution in [0.25, 0.3) is 0 Å². The molecule has 5 aliphatic rings. The molecule has 54 heteroatoms. The zero-order valence-corrected chi connectivity index (χ0v) is 76.8. The number of hydrogen-bond acceptors (Lipinski definition) is 17.